The van der Waals surface area contributed by atoms with Crippen LogP contribution in [-0.4, -0.2) is 33.5 Å². The molecule has 1 fully saturated rings. The quantitative estimate of drug-likeness (QED) is 0.730. The fourth-order valence-electron chi connectivity index (χ4n) is 3.86. The fourth-order valence-corrected chi connectivity index (χ4v) is 4.91. The highest BCUT2D eigenvalue weighted by atomic mass is 32.1. The van der Waals surface area contributed by atoms with Crippen LogP contribution < -0.4 is 10.2 Å². The molecule has 2 aliphatic rings. The molecule has 1 aliphatic carbocycles. The van der Waals surface area contributed by atoms with Gasteiger partial charge >= 0.3 is 0 Å². The molecule has 138 valence electrons. The lowest BCUT2D eigenvalue weighted by Gasteiger charge is -2.13. The highest BCUT2D eigenvalue weighted by molar-refractivity contribution is 7.15. The van der Waals surface area contributed by atoms with E-state index in [2.05, 4.69) is 20.5 Å². The van der Waals surface area contributed by atoms with Gasteiger partial charge < -0.3 is 5.32 Å². The van der Waals surface area contributed by atoms with Crippen molar-refractivity contribution in [1.29, 1.82) is 0 Å². The summed E-state index contributed by atoms with van der Waals surface area (Å²) in [6.07, 6.45) is 4.58. The number of H-pyrrole nitrogens is 1. The molecule has 0 bridgehead atoms. The number of fused-ring (bicyclic) bond motifs is 2. The van der Waals surface area contributed by atoms with E-state index in [0.717, 1.165) is 35.9 Å². The number of hydrogen-bond donors (Lipinski definition) is 2. The first kappa shape index (κ1) is 16.4. The first-order valence-electron chi connectivity index (χ1n) is 9.22. The van der Waals surface area contributed by atoms with Crippen molar-refractivity contribution < 1.29 is 9.59 Å². The summed E-state index contributed by atoms with van der Waals surface area (Å²) in [7, 11) is 0. The van der Waals surface area contributed by atoms with Gasteiger partial charge in [0.05, 0.1) is 17.1 Å². The first-order valence-corrected chi connectivity index (χ1v) is 10.0. The van der Waals surface area contributed by atoms with Gasteiger partial charge in [-0.15, -0.1) is 11.3 Å². The summed E-state index contributed by atoms with van der Waals surface area (Å²) in [6, 6.07) is 7.67. The van der Waals surface area contributed by atoms with Gasteiger partial charge in [-0.25, -0.2) is 4.98 Å². The average molecular weight is 381 g/mol. The second-order valence-corrected chi connectivity index (χ2v) is 8.17. The summed E-state index contributed by atoms with van der Waals surface area (Å²) in [4.78, 5) is 32.7. The fraction of sp³-hybridized carbons (Fsp3) is 0.368. The molecule has 7 nitrogen and oxygen atoms in total. The molecular formula is C19H19N5O2S. The standard InChI is InChI=1S/C19H19N5O2S/c25-16-9-11(10-24(16)17-12-5-1-2-6-13(12)22-23-17)18(26)21-19-20-14-7-3-4-8-15(14)27-19/h1-2,5-6,11H,3-4,7-10H2,(H,22,23)(H,20,21,26)/t11-/m0/s1. The zero-order valence-electron chi connectivity index (χ0n) is 14.7. The Labute approximate surface area is 159 Å². The SMILES string of the molecule is O=C(Nc1nc2c(s1)CCCC2)[C@H]1CC(=O)N(c2n[nH]c3ccccc23)C1. The minimum Gasteiger partial charge on any atom is -0.302 e. The van der Waals surface area contributed by atoms with Crippen molar-refractivity contribution in [3.8, 4) is 0 Å². The normalized spacial score (nSPS) is 19.5. The number of aromatic nitrogens is 3. The molecule has 1 saturated heterocycles. The predicted molar refractivity (Wildman–Crippen MR) is 104 cm³/mol. The van der Waals surface area contributed by atoms with Gasteiger partial charge in [-0.2, -0.15) is 5.10 Å². The number of carbonyl (C=O) groups is 2. The second-order valence-electron chi connectivity index (χ2n) is 7.08. The molecule has 1 aromatic carbocycles. The van der Waals surface area contributed by atoms with Crippen LogP contribution in [0, 0.1) is 5.92 Å². The minimum absolute atomic E-state index is 0.0779. The maximum atomic E-state index is 12.7. The molecule has 27 heavy (non-hydrogen) atoms. The number of para-hydroxylation sites is 1. The van der Waals surface area contributed by atoms with Gasteiger partial charge in [0, 0.05) is 23.2 Å². The van der Waals surface area contributed by atoms with E-state index in [1.165, 1.54) is 11.3 Å². The molecule has 3 heterocycles. The molecule has 2 amide bonds. The van der Waals surface area contributed by atoms with Crippen molar-refractivity contribution in [1.82, 2.24) is 15.2 Å². The Bertz CT molecular complexity index is 1020. The number of amides is 2. The van der Waals surface area contributed by atoms with Gasteiger partial charge in [-0.3, -0.25) is 19.6 Å². The summed E-state index contributed by atoms with van der Waals surface area (Å²) in [5, 5.41) is 11.7. The van der Waals surface area contributed by atoms with Crippen molar-refractivity contribution in [3.05, 3.63) is 34.8 Å². The summed E-state index contributed by atoms with van der Waals surface area (Å²) in [5.41, 5.74) is 2.00. The summed E-state index contributed by atoms with van der Waals surface area (Å²) in [6.45, 7) is 0.338. The molecule has 5 rings (SSSR count). The Balaban J connectivity index is 1.32. The Kier molecular flexibility index (Phi) is 3.93. The Morgan fingerprint density at radius 2 is 2.11 bits per heavy atom. The highest BCUT2D eigenvalue weighted by Gasteiger charge is 2.37. The van der Waals surface area contributed by atoms with Crippen molar-refractivity contribution in [2.75, 3.05) is 16.8 Å². The number of nitrogens with one attached hydrogen (secondary N) is 2. The summed E-state index contributed by atoms with van der Waals surface area (Å²) >= 11 is 1.56. The Hall–Kier alpha value is -2.74. The number of nitrogens with zero attached hydrogens (tertiary/aromatic N) is 3. The number of anilines is 2. The largest absolute Gasteiger partial charge is 0.302 e. The molecule has 3 aromatic rings. The van der Waals surface area contributed by atoms with Gasteiger partial charge in [0.15, 0.2) is 10.9 Å². The molecule has 0 radical (unpaired) electrons. The van der Waals surface area contributed by atoms with Crippen LogP contribution in [-0.2, 0) is 22.4 Å². The van der Waals surface area contributed by atoms with Crippen molar-refractivity contribution in [2.24, 2.45) is 5.92 Å². The van der Waals surface area contributed by atoms with Gasteiger partial charge in [0.1, 0.15) is 0 Å². The molecule has 1 aliphatic heterocycles. The van der Waals surface area contributed by atoms with Crippen LogP contribution in [0.1, 0.15) is 29.8 Å². The maximum absolute atomic E-state index is 12.7. The molecule has 1 atom stereocenters. The van der Waals surface area contributed by atoms with Crippen LogP contribution in [0.2, 0.25) is 0 Å². The van der Waals surface area contributed by atoms with E-state index < -0.39 is 5.92 Å². The van der Waals surface area contributed by atoms with Crippen molar-refractivity contribution in [3.63, 3.8) is 0 Å². The van der Waals surface area contributed by atoms with Gasteiger partial charge in [0.25, 0.3) is 0 Å². The van der Waals surface area contributed by atoms with E-state index in [9.17, 15) is 9.59 Å². The van der Waals surface area contributed by atoms with Crippen LogP contribution in [0.3, 0.4) is 0 Å². The summed E-state index contributed by atoms with van der Waals surface area (Å²) < 4.78 is 0. The number of thiazole rings is 1. The molecule has 2 aromatic heterocycles. The van der Waals surface area contributed by atoms with Crippen LogP contribution >= 0.6 is 11.3 Å². The van der Waals surface area contributed by atoms with E-state index in [4.69, 9.17) is 0 Å². The predicted octanol–water partition coefficient (Wildman–Crippen LogP) is 2.89. The number of hydrogen-bond acceptors (Lipinski definition) is 5. The monoisotopic (exact) mass is 381 g/mol. The third kappa shape index (κ3) is 2.90. The molecule has 0 unspecified atom stereocenters. The topological polar surface area (TPSA) is 91.0 Å². The smallest absolute Gasteiger partial charge is 0.231 e. The highest BCUT2D eigenvalue weighted by Crippen LogP contribution is 2.32. The lowest BCUT2D eigenvalue weighted by Crippen LogP contribution is -2.28. The van der Waals surface area contributed by atoms with Crippen LogP contribution in [0.15, 0.2) is 24.3 Å². The minimum atomic E-state index is -0.395. The molecule has 8 heteroatoms. The molecule has 2 N–H and O–H groups in total. The van der Waals surface area contributed by atoms with Gasteiger partial charge in [0.2, 0.25) is 11.8 Å². The van der Waals surface area contributed by atoms with E-state index in [0.29, 0.717) is 17.5 Å². The third-order valence-corrected chi connectivity index (χ3v) is 6.35. The maximum Gasteiger partial charge on any atom is 0.231 e. The molecule has 0 saturated carbocycles. The number of carbonyl (C=O) groups excluding carboxylic acids is 2. The Morgan fingerprint density at radius 3 is 3.00 bits per heavy atom. The number of benzene rings is 1. The number of aromatic amines is 1. The summed E-state index contributed by atoms with van der Waals surface area (Å²) in [5.74, 6) is -0.0212. The second kappa shape index (κ2) is 6.45. The average Bonchev–Trinajstić information content (AvgIpc) is 3.37. The Morgan fingerprint density at radius 1 is 1.26 bits per heavy atom. The first-order chi connectivity index (χ1) is 13.2. The lowest BCUT2D eigenvalue weighted by atomic mass is 10.0. The van der Waals surface area contributed by atoms with Crippen LogP contribution in [0.4, 0.5) is 10.9 Å². The van der Waals surface area contributed by atoms with Gasteiger partial charge in [-0.1, -0.05) is 12.1 Å². The van der Waals surface area contributed by atoms with E-state index >= 15 is 0 Å². The number of rotatable bonds is 3. The molecule has 0 spiro atoms. The van der Waals surface area contributed by atoms with Crippen molar-refractivity contribution in [2.45, 2.75) is 32.1 Å². The van der Waals surface area contributed by atoms with E-state index in [1.807, 2.05) is 24.3 Å². The molecular weight excluding hydrogens is 362 g/mol. The number of aryl methyl sites for hydroxylation is 2. The van der Waals surface area contributed by atoms with Crippen LogP contribution in [0.5, 0.6) is 0 Å². The zero-order valence-corrected chi connectivity index (χ0v) is 15.5. The lowest BCUT2D eigenvalue weighted by molar-refractivity contribution is -0.122. The third-order valence-electron chi connectivity index (χ3n) is 5.28. The van der Waals surface area contributed by atoms with Gasteiger partial charge in [-0.05, 0) is 37.8 Å². The van der Waals surface area contributed by atoms with Crippen LogP contribution in [0.25, 0.3) is 10.9 Å². The van der Waals surface area contributed by atoms with E-state index in [1.54, 1.807) is 16.2 Å². The van der Waals surface area contributed by atoms with Crippen molar-refractivity contribution >= 4 is 45.0 Å². The van der Waals surface area contributed by atoms with E-state index in [-0.39, 0.29) is 18.2 Å². The zero-order chi connectivity index (χ0) is 18.4.